The normalized spacial score (nSPS) is 25.5. The van der Waals surface area contributed by atoms with Crippen LogP contribution in [0.3, 0.4) is 0 Å². The molecule has 1 aromatic carbocycles. The summed E-state index contributed by atoms with van der Waals surface area (Å²) in [4.78, 5) is 16.5. The number of likely N-dealkylation sites (N-methyl/N-ethyl adjacent to an activating group) is 1. The molecule has 0 aliphatic carbocycles. The molecule has 108 valence electrons. The SMILES string of the molecule is CN1CC2CC(C1)N2C(=O)c1ccc(OC(F)F)cc1. The van der Waals surface area contributed by atoms with Crippen molar-refractivity contribution in [2.75, 3.05) is 20.1 Å². The van der Waals surface area contributed by atoms with Crippen LogP contribution in [0, 0.1) is 0 Å². The summed E-state index contributed by atoms with van der Waals surface area (Å²) >= 11 is 0. The van der Waals surface area contributed by atoms with E-state index in [4.69, 9.17) is 0 Å². The summed E-state index contributed by atoms with van der Waals surface area (Å²) in [6.45, 7) is -1.05. The largest absolute Gasteiger partial charge is 0.435 e. The van der Waals surface area contributed by atoms with Gasteiger partial charge in [-0.25, -0.2) is 0 Å². The highest BCUT2D eigenvalue weighted by atomic mass is 19.3. The molecule has 3 fully saturated rings. The van der Waals surface area contributed by atoms with Crippen LogP contribution in [-0.2, 0) is 0 Å². The summed E-state index contributed by atoms with van der Waals surface area (Å²) in [7, 11) is 2.05. The van der Waals surface area contributed by atoms with Crippen molar-refractivity contribution in [1.29, 1.82) is 0 Å². The van der Waals surface area contributed by atoms with E-state index >= 15 is 0 Å². The lowest BCUT2D eigenvalue weighted by Gasteiger charge is -2.55. The average molecular weight is 282 g/mol. The van der Waals surface area contributed by atoms with E-state index in [1.54, 1.807) is 0 Å². The summed E-state index contributed by atoms with van der Waals surface area (Å²) in [5, 5.41) is 0. The number of benzene rings is 1. The first kappa shape index (κ1) is 13.3. The first-order valence-electron chi connectivity index (χ1n) is 6.60. The third-order valence-electron chi connectivity index (χ3n) is 3.94. The maximum Gasteiger partial charge on any atom is 0.387 e. The van der Waals surface area contributed by atoms with E-state index in [1.807, 2.05) is 4.90 Å². The third-order valence-corrected chi connectivity index (χ3v) is 3.94. The number of fused-ring (bicyclic) bond motifs is 2. The Morgan fingerprint density at radius 1 is 1.25 bits per heavy atom. The number of hydrogen-bond donors (Lipinski definition) is 0. The van der Waals surface area contributed by atoms with Crippen LogP contribution in [0.5, 0.6) is 5.75 Å². The van der Waals surface area contributed by atoms with E-state index < -0.39 is 6.61 Å². The van der Waals surface area contributed by atoms with E-state index in [-0.39, 0.29) is 23.7 Å². The molecule has 2 bridgehead atoms. The van der Waals surface area contributed by atoms with E-state index in [2.05, 4.69) is 16.7 Å². The molecule has 0 saturated carbocycles. The van der Waals surface area contributed by atoms with Crippen molar-refractivity contribution in [3.8, 4) is 5.75 Å². The quantitative estimate of drug-likeness (QED) is 0.847. The van der Waals surface area contributed by atoms with E-state index in [9.17, 15) is 13.6 Å². The monoisotopic (exact) mass is 282 g/mol. The van der Waals surface area contributed by atoms with Crippen LogP contribution in [0.4, 0.5) is 8.78 Å². The number of ether oxygens (including phenoxy) is 1. The minimum Gasteiger partial charge on any atom is -0.435 e. The molecule has 2 atom stereocenters. The van der Waals surface area contributed by atoms with Gasteiger partial charge in [0.2, 0.25) is 0 Å². The van der Waals surface area contributed by atoms with Crippen molar-refractivity contribution in [3.05, 3.63) is 29.8 Å². The molecule has 3 saturated heterocycles. The lowest BCUT2D eigenvalue weighted by atomic mass is 9.87. The Morgan fingerprint density at radius 3 is 2.40 bits per heavy atom. The van der Waals surface area contributed by atoms with Crippen molar-refractivity contribution in [1.82, 2.24) is 9.80 Å². The number of piperidine rings is 1. The van der Waals surface area contributed by atoms with Crippen molar-refractivity contribution in [2.24, 2.45) is 0 Å². The Morgan fingerprint density at radius 2 is 1.85 bits per heavy atom. The molecule has 4 nitrogen and oxygen atoms in total. The van der Waals surface area contributed by atoms with Crippen LogP contribution in [-0.4, -0.2) is 54.5 Å². The number of carbonyl (C=O) groups excluding carboxylic acids is 1. The molecule has 4 rings (SSSR count). The summed E-state index contributed by atoms with van der Waals surface area (Å²) in [5.41, 5.74) is 0.519. The third kappa shape index (κ3) is 2.35. The second-order valence-corrected chi connectivity index (χ2v) is 5.38. The van der Waals surface area contributed by atoms with Gasteiger partial charge < -0.3 is 14.5 Å². The van der Waals surface area contributed by atoms with E-state index in [1.165, 1.54) is 24.3 Å². The van der Waals surface area contributed by atoms with Gasteiger partial charge >= 0.3 is 6.61 Å². The predicted octanol–water partition coefficient (Wildman–Crippen LogP) is 1.82. The fourth-order valence-corrected chi connectivity index (χ4v) is 3.08. The molecule has 6 heteroatoms. The van der Waals surface area contributed by atoms with Gasteiger partial charge in [-0.2, -0.15) is 8.78 Å². The zero-order valence-electron chi connectivity index (χ0n) is 11.1. The molecular weight excluding hydrogens is 266 g/mol. The molecular formula is C14H16F2N2O2. The number of nitrogens with zero attached hydrogens (tertiary/aromatic N) is 2. The number of rotatable bonds is 3. The van der Waals surface area contributed by atoms with Crippen LogP contribution in [0.15, 0.2) is 24.3 Å². The molecule has 0 radical (unpaired) electrons. The van der Waals surface area contributed by atoms with Crippen molar-refractivity contribution < 1.29 is 18.3 Å². The molecule has 0 spiro atoms. The Hall–Kier alpha value is -1.69. The van der Waals surface area contributed by atoms with E-state index in [0.717, 1.165) is 19.5 Å². The number of hydrogen-bond acceptors (Lipinski definition) is 3. The minimum atomic E-state index is -2.85. The first-order chi connectivity index (χ1) is 9.54. The van der Waals surface area contributed by atoms with Gasteiger partial charge in [0.15, 0.2) is 0 Å². The molecule has 3 aliphatic rings. The molecule has 0 aromatic heterocycles. The fourth-order valence-electron chi connectivity index (χ4n) is 3.08. The predicted molar refractivity (Wildman–Crippen MR) is 68.9 cm³/mol. The van der Waals surface area contributed by atoms with Gasteiger partial charge in [0.25, 0.3) is 5.91 Å². The van der Waals surface area contributed by atoms with Gasteiger partial charge in [-0.05, 0) is 37.7 Å². The van der Waals surface area contributed by atoms with Crippen molar-refractivity contribution in [3.63, 3.8) is 0 Å². The second kappa shape index (κ2) is 5.01. The van der Waals surface area contributed by atoms with Crippen LogP contribution in [0.2, 0.25) is 0 Å². The van der Waals surface area contributed by atoms with Gasteiger partial charge in [-0.3, -0.25) is 4.79 Å². The van der Waals surface area contributed by atoms with Crippen LogP contribution in [0.25, 0.3) is 0 Å². The fraction of sp³-hybridized carbons (Fsp3) is 0.500. The molecule has 0 N–H and O–H groups in total. The number of alkyl halides is 2. The molecule has 1 amide bonds. The van der Waals surface area contributed by atoms with Crippen molar-refractivity contribution >= 4 is 5.91 Å². The van der Waals surface area contributed by atoms with Gasteiger partial charge in [-0.15, -0.1) is 0 Å². The Bertz CT molecular complexity index is 494. The van der Waals surface area contributed by atoms with Crippen LogP contribution >= 0.6 is 0 Å². The Kier molecular flexibility index (Phi) is 3.33. The lowest BCUT2D eigenvalue weighted by Crippen LogP contribution is -2.69. The highest BCUT2D eigenvalue weighted by Crippen LogP contribution is 2.33. The van der Waals surface area contributed by atoms with E-state index in [0.29, 0.717) is 5.56 Å². The minimum absolute atomic E-state index is 0.0250. The van der Waals surface area contributed by atoms with Gasteiger partial charge in [0.1, 0.15) is 5.75 Å². The summed E-state index contributed by atoms with van der Waals surface area (Å²) in [6, 6.07) is 6.45. The first-order valence-corrected chi connectivity index (χ1v) is 6.60. The molecule has 20 heavy (non-hydrogen) atoms. The maximum absolute atomic E-state index is 12.4. The standard InChI is InChI=1S/C14H16F2N2O2/c1-17-7-10-6-11(8-17)18(10)13(19)9-2-4-12(5-3-9)20-14(15)16/h2-5,10-11,14H,6-8H2,1H3. The zero-order chi connectivity index (χ0) is 14.3. The molecule has 2 unspecified atom stereocenters. The van der Waals surface area contributed by atoms with Gasteiger partial charge in [0, 0.05) is 30.7 Å². The number of halogens is 2. The molecule has 3 heterocycles. The summed E-state index contributed by atoms with van der Waals surface area (Å²) in [6.07, 6.45) is 1.06. The van der Waals surface area contributed by atoms with Crippen molar-refractivity contribution in [2.45, 2.75) is 25.1 Å². The van der Waals surface area contributed by atoms with Crippen LogP contribution in [0.1, 0.15) is 16.8 Å². The summed E-state index contributed by atoms with van der Waals surface area (Å²) < 4.78 is 28.4. The van der Waals surface area contributed by atoms with Gasteiger partial charge in [0.05, 0.1) is 0 Å². The lowest BCUT2D eigenvalue weighted by molar-refractivity contribution is -0.0498. The smallest absolute Gasteiger partial charge is 0.387 e. The summed E-state index contributed by atoms with van der Waals surface area (Å²) in [5.74, 6) is 0.0445. The Labute approximate surface area is 115 Å². The topological polar surface area (TPSA) is 32.8 Å². The number of carbonyl (C=O) groups is 1. The average Bonchev–Trinajstić information content (AvgIpc) is 2.38. The Balaban J connectivity index is 1.69. The number of piperazine rings is 1. The highest BCUT2D eigenvalue weighted by molar-refractivity contribution is 5.95. The molecule has 1 aromatic rings. The maximum atomic E-state index is 12.4. The molecule has 3 aliphatic heterocycles. The zero-order valence-corrected chi connectivity index (χ0v) is 11.1. The van der Waals surface area contributed by atoms with Gasteiger partial charge in [-0.1, -0.05) is 0 Å². The van der Waals surface area contributed by atoms with Crippen LogP contribution < -0.4 is 4.74 Å². The number of amides is 1. The second-order valence-electron chi connectivity index (χ2n) is 5.38. The highest BCUT2D eigenvalue weighted by Gasteiger charge is 2.46.